The molecule has 0 spiro atoms. The van der Waals surface area contributed by atoms with Crippen LogP contribution in [0.5, 0.6) is 11.5 Å². The molecule has 8 heteroatoms. The van der Waals surface area contributed by atoms with Gasteiger partial charge in [0.15, 0.2) is 11.5 Å². The molecular formula is C24H18FIN2O4. The van der Waals surface area contributed by atoms with Crippen LogP contribution in [0.3, 0.4) is 0 Å². The molecule has 1 aliphatic heterocycles. The Balaban J connectivity index is 1.53. The van der Waals surface area contributed by atoms with Gasteiger partial charge in [-0.25, -0.2) is 9.40 Å². The van der Waals surface area contributed by atoms with Crippen LogP contribution in [0.25, 0.3) is 6.08 Å². The molecule has 3 aromatic rings. The van der Waals surface area contributed by atoms with E-state index < -0.39 is 11.8 Å². The van der Waals surface area contributed by atoms with E-state index in [0.717, 1.165) is 9.13 Å². The van der Waals surface area contributed by atoms with E-state index in [-0.39, 0.29) is 18.0 Å². The highest BCUT2D eigenvalue weighted by molar-refractivity contribution is 14.1. The fourth-order valence-electron chi connectivity index (χ4n) is 3.13. The molecule has 162 valence electrons. The summed E-state index contributed by atoms with van der Waals surface area (Å²) in [4.78, 5) is 25.2. The lowest BCUT2D eigenvalue weighted by Crippen LogP contribution is -2.35. The molecule has 2 amide bonds. The molecule has 1 N–H and O–H groups in total. The van der Waals surface area contributed by atoms with Gasteiger partial charge >= 0.3 is 0 Å². The van der Waals surface area contributed by atoms with Crippen molar-refractivity contribution in [2.75, 3.05) is 12.1 Å². The van der Waals surface area contributed by atoms with Crippen molar-refractivity contribution >= 4 is 46.2 Å². The van der Waals surface area contributed by atoms with Crippen LogP contribution in [0.4, 0.5) is 10.1 Å². The van der Waals surface area contributed by atoms with E-state index >= 15 is 0 Å². The predicted molar refractivity (Wildman–Crippen MR) is 126 cm³/mol. The monoisotopic (exact) mass is 544 g/mol. The molecule has 0 bridgehead atoms. The molecule has 1 heterocycles. The fraction of sp³-hybridized carbons (Fsp3) is 0.0833. The molecule has 32 heavy (non-hydrogen) atoms. The summed E-state index contributed by atoms with van der Waals surface area (Å²) in [5, 5.41) is 1.22. The van der Waals surface area contributed by atoms with Crippen molar-refractivity contribution < 1.29 is 23.5 Å². The summed E-state index contributed by atoms with van der Waals surface area (Å²) in [6, 6.07) is 18.4. The van der Waals surface area contributed by atoms with Gasteiger partial charge in [-0.05, 0) is 88.3 Å². The number of nitrogens with zero attached hydrogens (tertiary/aromatic N) is 1. The molecular weight excluding hydrogens is 526 g/mol. The predicted octanol–water partition coefficient (Wildman–Crippen LogP) is 4.48. The summed E-state index contributed by atoms with van der Waals surface area (Å²) in [7, 11) is 1.50. The minimum atomic E-state index is -0.482. The van der Waals surface area contributed by atoms with Crippen LogP contribution >= 0.6 is 22.6 Å². The Morgan fingerprint density at radius 1 is 1.00 bits per heavy atom. The van der Waals surface area contributed by atoms with Crippen molar-refractivity contribution in [3.8, 4) is 11.5 Å². The van der Waals surface area contributed by atoms with E-state index in [9.17, 15) is 14.0 Å². The molecule has 0 atom stereocenters. The van der Waals surface area contributed by atoms with Gasteiger partial charge in [-0.2, -0.15) is 0 Å². The molecule has 0 saturated carbocycles. The number of benzene rings is 3. The number of rotatable bonds is 6. The summed E-state index contributed by atoms with van der Waals surface area (Å²) in [6.07, 6.45) is 1.51. The number of amides is 2. The maximum atomic E-state index is 13.0. The lowest BCUT2D eigenvalue weighted by Gasteiger charge is -2.14. The molecule has 1 aliphatic rings. The van der Waals surface area contributed by atoms with E-state index in [2.05, 4.69) is 28.0 Å². The van der Waals surface area contributed by atoms with E-state index in [0.29, 0.717) is 22.7 Å². The standard InChI is InChI=1S/C24H18FIN2O4/c1-31-22-13-16(4-11-21(22)32-14-15-2-5-17(25)6-3-15)12-20-23(29)27-28(24(20)30)19-9-7-18(26)8-10-19/h2-13H,14H2,1H3,(H,27,29)/b20-12-. The molecule has 6 nitrogen and oxygen atoms in total. The van der Waals surface area contributed by atoms with Gasteiger partial charge in [-0.3, -0.25) is 15.0 Å². The zero-order valence-electron chi connectivity index (χ0n) is 17.0. The minimum absolute atomic E-state index is 0.0191. The van der Waals surface area contributed by atoms with Crippen LogP contribution in [0.2, 0.25) is 0 Å². The topological polar surface area (TPSA) is 67.9 Å². The molecule has 0 aliphatic carbocycles. The molecule has 1 saturated heterocycles. The first kappa shape index (κ1) is 21.8. The van der Waals surface area contributed by atoms with Gasteiger partial charge in [-0.1, -0.05) is 18.2 Å². The molecule has 1 fully saturated rings. The molecule has 0 aromatic heterocycles. The number of carbonyl (C=O) groups is 2. The highest BCUT2D eigenvalue weighted by Crippen LogP contribution is 2.30. The van der Waals surface area contributed by atoms with Crippen LogP contribution < -0.4 is 19.9 Å². The average molecular weight is 544 g/mol. The average Bonchev–Trinajstić information content (AvgIpc) is 3.08. The first-order valence-corrected chi connectivity index (χ1v) is 10.7. The second kappa shape index (κ2) is 9.39. The zero-order valence-corrected chi connectivity index (χ0v) is 19.1. The van der Waals surface area contributed by atoms with E-state index in [1.807, 2.05) is 12.1 Å². The Hall–Kier alpha value is -3.40. The molecule has 3 aromatic carbocycles. The lowest BCUT2D eigenvalue weighted by molar-refractivity contribution is -0.117. The van der Waals surface area contributed by atoms with Gasteiger partial charge in [-0.15, -0.1) is 0 Å². The lowest BCUT2D eigenvalue weighted by atomic mass is 10.1. The Morgan fingerprint density at radius 3 is 2.41 bits per heavy atom. The van der Waals surface area contributed by atoms with Gasteiger partial charge in [0.2, 0.25) is 0 Å². The number of hydrogen-bond acceptors (Lipinski definition) is 4. The highest BCUT2D eigenvalue weighted by atomic mass is 127. The quantitative estimate of drug-likeness (QED) is 0.283. The largest absolute Gasteiger partial charge is 0.493 e. The summed E-state index contributed by atoms with van der Waals surface area (Å²) in [5.74, 6) is -0.297. The van der Waals surface area contributed by atoms with Crippen LogP contribution in [0.1, 0.15) is 11.1 Å². The Bertz CT molecular complexity index is 1190. The third-order valence-corrected chi connectivity index (χ3v) is 5.50. The summed E-state index contributed by atoms with van der Waals surface area (Å²) < 4.78 is 25.3. The third kappa shape index (κ3) is 4.75. The van der Waals surface area contributed by atoms with E-state index in [1.165, 1.54) is 30.3 Å². The van der Waals surface area contributed by atoms with Gasteiger partial charge in [0.1, 0.15) is 18.0 Å². The zero-order chi connectivity index (χ0) is 22.7. The third-order valence-electron chi connectivity index (χ3n) is 4.78. The van der Waals surface area contributed by atoms with Crippen molar-refractivity contribution in [3.05, 3.63) is 92.8 Å². The first-order chi connectivity index (χ1) is 15.4. The van der Waals surface area contributed by atoms with Gasteiger partial charge < -0.3 is 9.47 Å². The van der Waals surface area contributed by atoms with Crippen molar-refractivity contribution in [1.29, 1.82) is 0 Å². The number of carbonyl (C=O) groups excluding carboxylic acids is 2. The van der Waals surface area contributed by atoms with Crippen LogP contribution in [-0.4, -0.2) is 18.9 Å². The number of hydrogen-bond donors (Lipinski definition) is 1. The van der Waals surface area contributed by atoms with Crippen molar-refractivity contribution in [3.63, 3.8) is 0 Å². The number of anilines is 1. The van der Waals surface area contributed by atoms with Gasteiger partial charge in [0, 0.05) is 3.57 Å². The molecule has 0 unspecified atom stereocenters. The Morgan fingerprint density at radius 2 is 1.72 bits per heavy atom. The minimum Gasteiger partial charge on any atom is -0.493 e. The number of ether oxygens (including phenoxy) is 2. The van der Waals surface area contributed by atoms with Crippen LogP contribution in [0.15, 0.2) is 72.3 Å². The number of nitrogens with one attached hydrogen (secondary N) is 1. The maximum Gasteiger partial charge on any atom is 0.282 e. The number of methoxy groups -OCH3 is 1. The first-order valence-electron chi connectivity index (χ1n) is 9.62. The van der Waals surface area contributed by atoms with E-state index in [4.69, 9.17) is 9.47 Å². The second-order valence-corrected chi connectivity index (χ2v) is 8.19. The van der Waals surface area contributed by atoms with Crippen LogP contribution in [-0.2, 0) is 16.2 Å². The molecule has 4 rings (SSSR count). The summed E-state index contributed by atoms with van der Waals surface area (Å²) >= 11 is 2.17. The summed E-state index contributed by atoms with van der Waals surface area (Å²) in [6.45, 7) is 0.239. The number of hydrazine groups is 1. The normalized spacial score (nSPS) is 14.6. The maximum absolute atomic E-state index is 13.0. The van der Waals surface area contributed by atoms with Crippen LogP contribution in [0, 0.1) is 9.39 Å². The SMILES string of the molecule is COc1cc(/C=C2/C(=O)NN(c3ccc(I)cc3)C2=O)ccc1OCc1ccc(F)cc1. The Kier molecular flexibility index (Phi) is 6.40. The number of halogens is 2. The van der Waals surface area contributed by atoms with Gasteiger partial charge in [0.25, 0.3) is 11.8 Å². The fourth-order valence-corrected chi connectivity index (χ4v) is 3.49. The van der Waals surface area contributed by atoms with Crippen molar-refractivity contribution in [2.24, 2.45) is 0 Å². The smallest absolute Gasteiger partial charge is 0.282 e. The Labute approximate surface area is 197 Å². The molecule has 0 radical (unpaired) electrons. The van der Waals surface area contributed by atoms with Gasteiger partial charge in [0.05, 0.1) is 12.8 Å². The van der Waals surface area contributed by atoms with Crippen molar-refractivity contribution in [2.45, 2.75) is 6.61 Å². The van der Waals surface area contributed by atoms with E-state index in [1.54, 1.807) is 42.5 Å². The summed E-state index contributed by atoms with van der Waals surface area (Å²) in [5.41, 5.74) is 4.60. The second-order valence-electron chi connectivity index (χ2n) is 6.94. The van der Waals surface area contributed by atoms with Crippen molar-refractivity contribution in [1.82, 2.24) is 5.43 Å². The highest BCUT2D eigenvalue weighted by Gasteiger charge is 2.34.